The molecule has 0 spiro atoms. The summed E-state index contributed by atoms with van der Waals surface area (Å²) in [6.45, 7) is 1.65. The number of anilines is 1. The van der Waals surface area contributed by atoms with Crippen molar-refractivity contribution in [1.29, 1.82) is 0 Å². The van der Waals surface area contributed by atoms with Crippen LogP contribution in [-0.4, -0.2) is 26.4 Å². The van der Waals surface area contributed by atoms with Crippen LogP contribution in [0.3, 0.4) is 0 Å². The molecule has 2 rings (SSSR count). The summed E-state index contributed by atoms with van der Waals surface area (Å²) in [6.07, 6.45) is 0. The molecule has 104 valence electrons. The van der Waals surface area contributed by atoms with Gasteiger partial charge in [-0.2, -0.15) is 0 Å². The minimum atomic E-state index is -3.67. The third-order valence-electron chi connectivity index (χ3n) is 2.75. The fraction of sp³-hybridized carbons (Fsp3) is 0.154. The van der Waals surface area contributed by atoms with Crippen molar-refractivity contribution in [3.05, 3.63) is 47.7 Å². The van der Waals surface area contributed by atoms with Crippen LogP contribution < -0.4 is 10.2 Å². The van der Waals surface area contributed by atoms with E-state index < -0.39 is 10.0 Å². The first-order chi connectivity index (χ1) is 9.40. The Bertz CT molecular complexity index is 715. The van der Waals surface area contributed by atoms with Crippen molar-refractivity contribution in [2.24, 2.45) is 0 Å². The molecule has 0 fully saturated rings. The maximum Gasteiger partial charge on any atom is 0.263 e. The Hall–Kier alpha value is -1.86. The predicted octanol–water partition coefficient (Wildman–Crippen LogP) is -0.0585. The standard InChI is InChI=1S/C13H15BN2O3S/c1-9-2-4-12(5-3-9)20(18,19)16-13-7-10(14)6-11(8-17)15-13/h2-7,17H,8,14H2,1H3,(H,15,16). The maximum atomic E-state index is 12.2. The van der Waals surface area contributed by atoms with Crippen molar-refractivity contribution in [1.82, 2.24) is 4.98 Å². The third kappa shape index (κ3) is 3.37. The summed E-state index contributed by atoms with van der Waals surface area (Å²) in [7, 11) is -1.86. The quantitative estimate of drug-likeness (QED) is 0.773. The van der Waals surface area contributed by atoms with Crippen molar-refractivity contribution < 1.29 is 13.5 Å². The molecule has 1 heterocycles. The number of nitrogens with one attached hydrogen (secondary N) is 1. The number of aryl methyl sites for hydroxylation is 1. The monoisotopic (exact) mass is 290 g/mol. The summed E-state index contributed by atoms with van der Waals surface area (Å²) >= 11 is 0. The molecule has 0 aliphatic heterocycles. The number of aliphatic hydroxyl groups excluding tert-OH is 1. The molecule has 0 saturated carbocycles. The van der Waals surface area contributed by atoms with Gasteiger partial charge in [0.1, 0.15) is 13.7 Å². The largest absolute Gasteiger partial charge is 0.390 e. The van der Waals surface area contributed by atoms with Crippen LogP contribution in [0.2, 0.25) is 0 Å². The zero-order chi connectivity index (χ0) is 14.8. The van der Waals surface area contributed by atoms with E-state index in [1.807, 2.05) is 14.8 Å². The number of sulfonamides is 1. The van der Waals surface area contributed by atoms with Crippen molar-refractivity contribution in [2.75, 3.05) is 4.72 Å². The first-order valence-corrected chi connectivity index (χ1v) is 7.57. The van der Waals surface area contributed by atoms with Gasteiger partial charge in [0.2, 0.25) is 0 Å². The molecule has 5 nitrogen and oxygen atoms in total. The average molecular weight is 290 g/mol. The third-order valence-corrected chi connectivity index (χ3v) is 4.13. The van der Waals surface area contributed by atoms with Gasteiger partial charge < -0.3 is 5.11 Å². The van der Waals surface area contributed by atoms with E-state index in [0.717, 1.165) is 11.0 Å². The van der Waals surface area contributed by atoms with Gasteiger partial charge in [0.05, 0.1) is 17.2 Å². The Morgan fingerprint density at radius 2 is 1.90 bits per heavy atom. The van der Waals surface area contributed by atoms with Gasteiger partial charge >= 0.3 is 0 Å². The van der Waals surface area contributed by atoms with E-state index in [1.54, 1.807) is 36.4 Å². The van der Waals surface area contributed by atoms with Crippen LogP contribution in [0.15, 0.2) is 41.3 Å². The second kappa shape index (κ2) is 5.64. The van der Waals surface area contributed by atoms with Gasteiger partial charge in [-0.15, -0.1) is 0 Å². The molecule has 0 radical (unpaired) electrons. The lowest BCUT2D eigenvalue weighted by atomic mass is 9.97. The normalized spacial score (nSPS) is 11.3. The summed E-state index contributed by atoms with van der Waals surface area (Å²) in [6, 6.07) is 9.87. The van der Waals surface area contributed by atoms with Crippen LogP contribution in [0, 0.1) is 6.92 Å². The highest BCUT2D eigenvalue weighted by atomic mass is 32.2. The number of hydrogen-bond acceptors (Lipinski definition) is 4. The molecule has 20 heavy (non-hydrogen) atoms. The van der Waals surface area contributed by atoms with E-state index >= 15 is 0 Å². The Morgan fingerprint density at radius 1 is 1.25 bits per heavy atom. The van der Waals surface area contributed by atoms with Crippen molar-refractivity contribution >= 4 is 29.2 Å². The lowest BCUT2D eigenvalue weighted by Crippen LogP contribution is -2.17. The van der Waals surface area contributed by atoms with Crippen molar-refractivity contribution in [2.45, 2.75) is 18.4 Å². The van der Waals surface area contributed by atoms with Gasteiger partial charge in [-0.3, -0.25) is 4.72 Å². The summed E-state index contributed by atoms with van der Waals surface area (Å²) in [4.78, 5) is 4.22. The Morgan fingerprint density at radius 3 is 2.50 bits per heavy atom. The average Bonchev–Trinajstić information content (AvgIpc) is 2.37. The highest BCUT2D eigenvalue weighted by Crippen LogP contribution is 2.14. The number of hydrogen-bond donors (Lipinski definition) is 2. The molecule has 0 atom stereocenters. The molecular weight excluding hydrogens is 275 g/mol. The van der Waals surface area contributed by atoms with E-state index in [-0.39, 0.29) is 17.3 Å². The number of rotatable bonds is 4. The van der Waals surface area contributed by atoms with Crippen molar-refractivity contribution in [3.8, 4) is 0 Å². The van der Waals surface area contributed by atoms with E-state index in [4.69, 9.17) is 5.11 Å². The number of pyridine rings is 1. The first-order valence-electron chi connectivity index (χ1n) is 6.08. The highest BCUT2D eigenvalue weighted by molar-refractivity contribution is 7.92. The minimum absolute atomic E-state index is 0.178. The number of aliphatic hydroxyl groups is 1. The Balaban J connectivity index is 2.33. The summed E-state index contributed by atoms with van der Waals surface area (Å²) in [5.74, 6) is 0.203. The fourth-order valence-corrected chi connectivity index (χ4v) is 2.78. The first kappa shape index (κ1) is 14.6. The molecule has 2 aromatic rings. The van der Waals surface area contributed by atoms with Gasteiger partial charge in [0.15, 0.2) is 0 Å². The lowest BCUT2D eigenvalue weighted by molar-refractivity contribution is 0.277. The Kier molecular flexibility index (Phi) is 4.10. The molecule has 7 heteroatoms. The summed E-state index contributed by atoms with van der Waals surface area (Å²) < 4.78 is 26.8. The zero-order valence-electron chi connectivity index (χ0n) is 11.3. The van der Waals surface area contributed by atoms with Gasteiger partial charge in [0, 0.05) is 0 Å². The van der Waals surface area contributed by atoms with Crippen LogP contribution in [0.25, 0.3) is 0 Å². The van der Waals surface area contributed by atoms with E-state index in [0.29, 0.717) is 5.69 Å². The summed E-state index contributed by atoms with van der Waals surface area (Å²) in [5, 5.41) is 9.09. The lowest BCUT2D eigenvalue weighted by Gasteiger charge is -2.09. The van der Waals surface area contributed by atoms with E-state index in [1.165, 1.54) is 0 Å². The molecule has 1 aromatic carbocycles. The van der Waals surface area contributed by atoms with E-state index in [9.17, 15) is 8.42 Å². The molecule has 0 aliphatic carbocycles. The molecule has 0 unspecified atom stereocenters. The van der Waals surface area contributed by atoms with Crippen LogP contribution in [0.4, 0.5) is 5.82 Å². The molecular formula is C13H15BN2O3S. The SMILES string of the molecule is Bc1cc(CO)nc(NS(=O)(=O)c2ccc(C)cc2)c1. The second-order valence-corrected chi connectivity index (χ2v) is 6.28. The van der Waals surface area contributed by atoms with E-state index in [2.05, 4.69) is 9.71 Å². The van der Waals surface area contributed by atoms with Crippen molar-refractivity contribution in [3.63, 3.8) is 0 Å². The van der Waals surface area contributed by atoms with Crippen LogP contribution >= 0.6 is 0 Å². The molecule has 0 amide bonds. The Labute approximate surface area is 119 Å². The maximum absolute atomic E-state index is 12.2. The fourth-order valence-electron chi connectivity index (χ4n) is 1.79. The topological polar surface area (TPSA) is 79.3 Å². The van der Waals surface area contributed by atoms with Crippen LogP contribution in [0.1, 0.15) is 11.3 Å². The number of aromatic nitrogens is 1. The molecule has 0 aliphatic rings. The highest BCUT2D eigenvalue weighted by Gasteiger charge is 2.15. The molecule has 2 N–H and O–H groups in total. The van der Waals surface area contributed by atoms with Gasteiger partial charge in [-0.25, -0.2) is 13.4 Å². The minimum Gasteiger partial charge on any atom is -0.390 e. The van der Waals surface area contributed by atoms with Gasteiger partial charge in [0.25, 0.3) is 10.0 Å². The van der Waals surface area contributed by atoms with Gasteiger partial charge in [-0.1, -0.05) is 23.2 Å². The smallest absolute Gasteiger partial charge is 0.263 e. The zero-order valence-corrected chi connectivity index (χ0v) is 12.1. The number of nitrogens with zero attached hydrogens (tertiary/aromatic N) is 1. The van der Waals surface area contributed by atoms with Crippen LogP contribution in [-0.2, 0) is 16.6 Å². The van der Waals surface area contributed by atoms with Crippen LogP contribution in [0.5, 0.6) is 0 Å². The molecule has 0 saturated heterocycles. The number of benzene rings is 1. The predicted molar refractivity (Wildman–Crippen MR) is 80.3 cm³/mol. The molecule has 1 aromatic heterocycles. The summed E-state index contributed by atoms with van der Waals surface area (Å²) in [5.41, 5.74) is 2.23. The molecule has 0 bridgehead atoms. The second-order valence-electron chi connectivity index (χ2n) is 4.60. The van der Waals surface area contributed by atoms with Gasteiger partial charge in [-0.05, 0) is 31.2 Å².